The molecule has 30 heavy (non-hydrogen) atoms. The number of rotatable bonds is 7. The van der Waals surface area contributed by atoms with Crippen LogP contribution in [0.2, 0.25) is 5.02 Å². The van der Waals surface area contributed by atoms with Crippen molar-refractivity contribution in [1.29, 1.82) is 0 Å². The van der Waals surface area contributed by atoms with E-state index in [9.17, 15) is 9.59 Å². The van der Waals surface area contributed by atoms with Crippen molar-refractivity contribution in [3.05, 3.63) is 53.1 Å². The van der Waals surface area contributed by atoms with Crippen molar-refractivity contribution in [3.63, 3.8) is 0 Å². The normalized spacial score (nSPS) is 16.1. The Morgan fingerprint density at radius 2 is 1.90 bits per heavy atom. The summed E-state index contributed by atoms with van der Waals surface area (Å²) in [5.41, 5.74) is 1.44. The van der Waals surface area contributed by atoms with Crippen LogP contribution in [0.15, 0.2) is 42.5 Å². The van der Waals surface area contributed by atoms with Crippen molar-refractivity contribution in [2.45, 2.75) is 19.0 Å². The van der Waals surface area contributed by atoms with Crippen LogP contribution in [-0.4, -0.2) is 54.0 Å². The first kappa shape index (κ1) is 21.9. The first-order valence-electron chi connectivity index (χ1n) is 9.18. The van der Waals surface area contributed by atoms with E-state index in [1.165, 1.54) is 4.90 Å². The Morgan fingerprint density at radius 1 is 1.17 bits per heavy atom. The summed E-state index contributed by atoms with van der Waals surface area (Å²) in [6.07, 6.45) is -0.0386. The van der Waals surface area contributed by atoms with E-state index in [1.807, 2.05) is 12.1 Å². The molecule has 0 saturated carbocycles. The van der Waals surface area contributed by atoms with Crippen molar-refractivity contribution in [1.82, 2.24) is 9.80 Å². The van der Waals surface area contributed by atoms with Crippen LogP contribution in [0.3, 0.4) is 0 Å². The minimum Gasteiger partial charge on any atom is -0.493 e. The van der Waals surface area contributed by atoms with Crippen molar-refractivity contribution in [3.8, 4) is 11.5 Å². The summed E-state index contributed by atoms with van der Waals surface area (Å²) < 4.78 is 10.6. The van der Waals surface area contributed by atoms with Crippen LogP contribution in [-0.2, 0) is 16.1 Å². The Hall–Kier alpha value is -2.84. The lowest BCUT2D eigenvalue weighted by Gasteiger charge is -2.24. The molecule has 158 valence electrons. The maximum atomic E-state index is 12.7. The maximum Gasteiger partial charge on any atom is 0.251 e. The lowest BCUT2D eigenvalue weighted by Crippen LogP contribution is -2.37. The molecular weight excluding hydrogens is 426 g/mol. The number of thiocarbonyl (C=S) groups is 1. The Morgan fingerprint density at radius 3 is 2.57 bits per heavy atom. The molecule has 0 aromatic heterocycles. The highest BCUT2D eigenvalue weighted by Crippen LogP contribution is 2.30. The smallest absolute Gasteiger partial charge is 0.251 e. The third-order valence-corrected chi connectivity index (χ3v) is 5.56. The average molecular weight is 448 g/mol. The Kier molecular flexibility index (Phi) is 6.79. The van der Waals surface area contributed by atoms with Crippen molar-refractivity contribution in [2.75, 3.05) is 26.6 Å². The summed E-state index contributed by atoms with van der Waals surface area (Å²) in [5.74, 6) is 0.665. The number of anilines is 1. The number of carbonyl (C=O) groups is 2. The predicted molar refractivity (Wildman–Crippen MR) is 119 cm³/mol. The minimum atomic E-state index is -0.699. The van der Waals surface area contributed by atoms with Gasteiger partial charge in [0.25, 0.3) is 5.91 Å². The van der Waals surface area contributed by atoms with Crippen LogP contribution >= 0.6 is 23.8 Å². The number of methoxy groups -OCH3 is 2. The van der Waals surface area contributed by atoms with Gasteiger partial charge in [-0.25, -0.2) is 0 Å². The number of carbonyl (C=O) groups excluding carboxylic acids is 2. The zero-order valence-corrected chi connectivity index (χ0v) is 18.4. The molecule has 2 aromatic rings. The van der Waals surface area contributed by atoms with E-state index < -0.39 is 6.04 Å². The number of nitrogens with zero attached hydrogens (tertiary/aromatic N) is 2. The molecule has 0 spiro atoms. The molecule has 1 atom stereocenters. The summed E-state index contributed by atoms with van der Waals surface area (Å²) in [7, 11) is 4.73. The molecular formula is C21H22ClN3O4S. The molecule has 1 fully saturated rings. The predicted octanol–water partition coefficient (Wildman–Crippen LogP) is 3.31. The van der Waals surface area contributed by atoms with Crippen molar-refractivity contribution < 1.29 is 19.1 Å². The molecule has 0 aliphatic carbocycles. The number of hydrogen-bond acceptors (Lipinski definition) is 5. The van der Waals surface area contributed by atoms with Gasteiger partial charge in [0.2, 0.25) is 5.91 Å². The second-order valence-corrected chi connectivity index (χ2v) is 7.58. The van der Waals surface area contributed by atoms with E-state index in [-0.39, 0.29) is 18.2 Å². The topological polar surface area (TPSA) is 71.1 Å². The first-order chi connectivity index (χ1) is 14.3. The second kappa shape index (κ2) is 9.32. The third kappa shape index (κ3) is 4.66. The SMILES string of the molecule is COc1ccc(CN2C(=S)N(C)C(=O)[C@@H]2CC(=O)Nc2cccc(Cl)c2)cc1OC. The molecule has 0 unspecified atom stereocenters. The van der Waals surface area contributed by atoms with E-state index in [0.717, 1.165) is 5.56 Å². The molecule has 1 aliphatic heterocycles. The Balaban J connectivity index is 1.77. The summed E-state index contributed by atoms with van der Waals surface area (Å²) in [4.78, 5) is 28.5. The first-order valence-corrected chi connectivity index (χ1v) is 9.97. The molecule has 0 bridgehead atoms. The van der Waals surface area contributed by atoms with E-state index in [1.54, 1.807) is 56.5 Å². The van der Waals surface area contributed by atoms with E-state index in [0.29, 0.717) is 33.9 Å². The van der Waals surface area contributed by atoms with Crippen LogP contribution in [0.25, 0.3) is 0 Å². The van der Waals surface area contributed by atoms with Gasteiger partial charge in [0, 0.05) is 24.3 Å². The number of halogens is 1. The van der Waals surface area contributed by atoms with Gasteiger partial charge in [0.05, 0.1) is 20.6 Å². The third-order valence-electron chi connectivity index (χ3n) is 4.81. The molecule has 2 amide bonds. The summed E-state index contributed by atoms with van der Waals surface area (Å²) in [6, 6.07) is 11.6. The highest BCUT2D eigenvalue weighted by Gasteiger charge is 2.41. The molecule has 1 saturated heterocycles. The number of amides is 2. The van der Waals surface area contributed by atoms with Gasteiger partial charge in [-0.15, -0.1) is 0 Å². The number of hydrogen-bond donors (Lipinski definition) is 1. The lowest BCUT2D eigenvalue weighted by molar-refractivity contribution is -0.130. The van der Waals surface area contributed by atoms with Gasteiger partial charge < -0.3 is 19.7 Å². The number of benzene rings is 2. The number of likely N-dealkylation sites (N-methyl/N-ethyl adjacent to an activating group) is 1. The summed E-state index contributed by atoms with van der Waals surface area (Å²) in [5, 5.41) is 3.66. The molecule has 7 nitrogen and oxygen atoms in total. The molecule has 2 aromatic carbocycles. The van der Waals surface area contributed by atoms with Gasteiger partial charge in [-0.1, -0.05) is 23.7 Å². The van der Waals surface area contributed by atoms with Gasteiger partial charge in [-0.05, 0) is 48.1 Å². The van der Waals surface area contributed by atoms with Crippen molar-refractivity contribution >= 4 is 46.4 Å². The average Bonchev–Trinajstić information content (AvgIpc) is 2.92. The van der Waals surface area contributed by atoms with E-state index in [2.05, 4.69) is 5.32 Å². The summed E-state index contributed by atoms with van der Waals surface area (Å²) >= 11 is 11.4. The van der Waals surface area contributed by atoms with Crippen LogP contribution in [0.4, 0.5) is 5.69 Å². The van der Waals surface area contributed by atoms with Gasteiger partial charge in [-0.3, -0.25) is 14.5 Å². The van der Waals surface area contributed by atoms with Gasteiger partial charge >= 0.3 is 0 Å². The quantitative estimate of drug-likeness (QED) is 0.656. The zero-order valence-electron chi connectivity index (χ0n) is 16.8. The second-order valence-electron chi connectivity index (χ2n) is 6.78. The van der Waals surface area contributed by atoms with Crippen LogP contribution in [0, 0.1) is 0 Å². The summed E-state index contributed by atoms with van der Waals surface area (Å²) in [6.45, 7) is 0.352. The maximum absolute atomic E-state index is 12.7. The monoisotopic (exact) mass is 447 g/mol. The lowest BCUT2D eigenvalue weighted by atomic mass is 10.1. The highest BCUT2D eigenvalue weighted by atomic mass is 35.5. The number of ether oxygens (including phenoxy) is 2. The van der Waals surface area contributed by atoms with Crippen LogP contribution in [0.5, 0.6) is 11.5 Å². The van der Waals surface area contributed by atoms with E-state index >= 15 is 0 Å². The minimum absolute atomic E-state index is 0.0386. The molecule has 9 heteroatoms. The molecule has 3 rings (SSSR count). The fourth-order valence-electron chi connectivity index (χ4n) is 3.28. The van der Waals surface area contributed by atoms with Crippen LogP contribution in [0.1, 0.15) is 12.0 Å². The fraction of sp³-hybridized carbons (Fsp3) is 0.286. The van der Waals surface area contributed by atoms with E-state index in [4.69, 9.17) is 33.3 Å². The fourth-order valence-corrected chi connectivity index (χ4v) is 3.75. The molecule has 1 aliphatic rings. The molecule has 1 N–H and O–H groups in total. The molecule has 0 radical (unpaired) electrons. The van der Waals surface area contributed by atoms with Gasteiger partial charge in [-0.2, -0.15) is 0 Å². The molecule has 1 heterocycles. The Bertz CT molecular complexity index is 984. The van der Waals surface area contributed by atoms with Gasteiger partial charge in [0.1, 0.15) is 6.04 Å². The Labute approximate surface area is 185 Å². The van der Waals surface area contributed by atoms with Crippen molar-refractivity contribution in [2.24, 2.45) is 0 Å². The highest BCUT2D eigenvalue weighted by molar-refractivity contribution is 7.80. The van der Waals surface area contributed by atoms with Crippen LogP contribution < -0.4 is 14.8 Å². The number of nitrogens with one attached hydrogen (secondary N) is 1. The van der Waals surface area contributed by atoms with Gasteiger partial charge in [0.15, 0.2) is 16.6 Å². The largest absolute Gasteiger partial charge is 0.493 e. The standard InChI is InChI=1S/C21H22ClN3O4S/c1-24-20(27)16(11-19(26)23-15-6-4-5-14(22)10-15)25(21(24)30)12-13-7-8-17(28-2)18(9-13)29-3/h4-10,16H,11-12H2,1-3H3,(H,23,26)/t16-/m0/s1. The zero-order chi connectivity index (χ0) is 21.8.